The van der Waals surface area contributed by atoms with Crippen LogP contribution in [0.5, 0.6) is 0 Å². The molecule has 4 aliphatic rings. The van der Waals surface area contributed by atoms with Crippen molar-refractivity contribution < 1.29 is 9.90 Å². The summed E-state index contributed by atoms with van der Waals surface area (Å²) in [5.41, 5.74) is 13.3. The Hall–Kier alpha value is -3.69. The number of fused-ring (bicyclic) bond motifs is 6. The van der Waals surface area contributed by atoms with Gasteiger partial charge in [0.2, 0.25) is 0 Å². The van der Waals surface area contributed by atoms with Gasteiger partial charge in [-0.1, -0.05) is 38.5 Å². The van der Waals surface area contributed by atoms with Gasteiger partial charge < -0.3 is 20.0 Å². The Bertz CT molecular complexity index is 1530. The molecular formula is C35H45N7O2. The summed E-state index contributed by atoms with van der Waals surface area (Å²) < 4.78 is 4.36. The molecule has 6 heterocycles. The van der Waals surface area contributed by atoms with Crippen molar-refractivity contribution in [3.8, 4) is 22.5 Å². The average molecular weight is 596 g/mol. The summed E-state index contributed by atoms with van der Waals surface area (Å²) in [6.45, 7) is 0. The lowest BCUT2D eigenvalue weighted by Crippen LogP contribution is -2.34. The minimum absolute atomic E-state index is 0.0353. The number of carbonyl (C=O) groups excluding carboxylic acids is 1. The smallest absolute Gasteiger partial charge is 0.138 e. The summed E-state index contributed by atoms with van der Waals surface area (Å²) in [7, 11) is 1.00. The number of imidazole rings is 2. The number of ketones is 1. The predicted octanol–water partition coefficient (Wildman–Crippen LogP) is 6.14. The average Bonchev–Trinajstić information content (AvgIpc) is 3.88. The first-order valence-electron chi connectivity index (χ1n) is 16.4. The third kappa shape index (κ3) is 6.00. The number of nitrogens with two attached hydrogens (primary N) is 1. The fraction of sp³-hybridized carbons (Fsp3) is 0.514. The summed E-state index contributed by atoms with van der Waals surface area (Å²) >= 11 is 0. The van der Waals surface area contributed by atoms with E-state index in [0.29, 0.717) is 18.1 Å². The lowest BCUT2D eigenvalue weighted by Gasteiger charge is -2.29. The van der Waals surface area contributed by atoms with Gasteiger partial charge in [0, 0.05) is 49.0 Å². The first kappa shape index (κ1) is 30.3. The van der Waals surface area contributed by atoms with E-state index in [-0.39, 0.29) is 24.0 Å². The van der Waals surface area contributed by atoms with Crippen molar-refractivity contribution in [2.24, 2.45) is 17.6 Å². The minimum atomic E-state index is 0.0353. The van der Waals surface area contributed by atoms with Gasteiger partial charge in [-0.2, -0.15) is 0 Å². The highest BCUT2D eigenvalue weighted by atomic mass is 16.2. The van der Waals surface area contributed by atoms with Crippen molar-refractivity contribution in [3.63, 3.8) is 0 Å². The van der Waals surface area contributed by atoms with E-state index in [1.165, 1.54) is 68.3 Å². The van der Waals surface area contributed by atoms with Gasteiger partial charge in [-0.15, -0.1) is 0 Å². The molecular weight excluding hydrogens is 550 g/mol. The lowest BCUT2D eigenvalue weighted by molar-refractivity contribution is -0.124. The molecule has 0 aromatic carbocycles. The van der Waals surface area contributed by atoms with Crippen LogP contribution in [0.15, 0.2) is 61.7 Å². The Labute approximate surface area is 260 Å². The highest BCUT2D eigenvalue weighted by molar-refractivity contribution is 5.83. The van der Waals surface area contributed by atoms with E-state index in [1.54, 1.807) is 0 Å². The van der Waals surface area contributed by atoms with Crippen molar-refractivity contribution in [1.82, 2.24) is 29.1 Å². The Morgan fingerprint density at radius 1 is 0.818 bits per heavy atom. The van der Waals surface area contributed by atoms with E-state index in [0.717, 1.165) is 43.3 Å². The van der Waals surface area contributed by atoms with Gasteiger partial charge in [-0.25, -0.2) is 9.97 Å². The molecule has 9 heteroatoms. The van der Waals surface area contributed by atoms with Crippen LogP contribution in [-0.4, -0.2) is 53.1 Å². The van der Waals surface area contributed by atoms with Crippen molar-refractivity contribution >= 4 is 5.78 Å². The molecule has 3 atom stereocenters. The Balaban J connectivity index is 0.000000148. The zero-order chi connectivity index (χ0) is 30.5. The molecule has 3 unspecified atom stereocenters. The normalized spacial score (nSPS) is 21.1. The molecule has 0 radical (unpaired) electrons. The van der Waals surface area contributed by atoms with Crippen LogP contribution in [0.25, 0.3) is 22.5 Å². The molecule has 4 aromatic heterocycles. The lowest BCUT2D eigenvalue weighted by atomic mass is 9.81. The molecule has 0 saturated heterocycles. The van der Waals surface area contributed by atoms with Crippen LogP contribution in [0.2, 0.25) is 0 Å². The summed E-state index contributed by atoms with van der Waals surface area (Å²) in [6.07, 6.45) is 25.2. The number of pyridine rings is 2. The molecule has 2 aliphatic heterocycles. The van der Waals surface area contributed by atoms with Crippen LogP contribution in [0.3, 0.4) is 0 Å². The first-order valence-corrected chi connectivity index (χ1v) is 16.4. The molecule has 0 amide bonds. The quantitative estimate of drug-likeness (QED) is 0.274. The van der Waals surface area contributed by atoms with Crippen molar-refractivity contribution in [2.75, 3.05) is 7.11 Å². The van der Waals surface area contributed by atoms with Crippen LogP contribution in [0, 0.1) is 11.8 Å². The molecule has 44 heavy (non-hydrogen) atoms. The van der Waals surface area contributed by atoms with Crippen LogP contribution in [0.1, 0.15) is 101 Å². The van der Waals surface area contributed by atoms with Gasteiger partial charge in [0.15, 0.2) is 0 Å². The molecule has 232 valence electrons. The Morgan fingerprint density at radius 2 is 1.34 bits per heavy atom. The van der Waals surface area contributed by atoms with Crippen LogP contribution in [-0.2, 0) is 4.79 Å². The molecule has 0 spiro atoms. The van der Waals surface area contributed by atoms with Crippen LogP contribution < -0.4 is 5.73 Å². The molecule has 4 aromatic rings. The topological polar surface area (TPSA) is 125 Å². The largest absolute Gasteiger partial charge is 0.400 e. The summed E-state index contributed by atoms with van der Waals surface area (Å²) in [4.78, 5) is 30.3. The summed E-state index contributed by atoms with van der Waals surface area (Å²) in [5, 5.41) is 7.00. The monoisotopic (exact) mass is 595 g/mol. The number of aliphatic hydroxyl groups excluding tert-OH is 1. The van der Waals surface area contributed by atoms with E-state index in [2.05, 4.69) is 41.2 Å². The second-order valence-electron chi connectivity index (χ2n) is 12.6. The van der Waals surface area contributed by atoms with Gasteiger partial charge in [0.1, 0.15) is 5.78 Å². The minimum Gasteiger partial charge on any atom is -0.400 e. The fourth-order valence-corrected chi connectivity index (χ4v) is 7.80. The van der Waals surface area contributed by atoms with Crippen molar-refractivity contribution in [1.29, 1.82) is 0 Å². The van der Waals surface area contributed by atoms with E-state index in [1.807, 2.05) is 49.6 Å². The number of carbonyl (C=O) groups is 1. The zero-order valence-corrected chi connectivity index (χ0v) is 25.8. The molecule has 9 nitrogen and oxygen atoms in total. The third-order valence-electron chi connectivity index (χ3n) is 10.1. The summed E-state index contributed by atoms with van der Waals surface area (Å²) in [5.74, 6) is 1.34. The van der Waals surface area contributed by atoms with E-state index < -0.39 is 0 Å². The molecule has 3 N–H and O–H groups in total. The maximum atomic E-state index is 12.6. The molecule has 8 rings (SSSR count). The second kappa shape index (κ2) is 13.9. The highest BCUT2D eigenvalue weighted by Gasteiger charge is 2.34. The maximum absolute atomic E-state index is 12.6. The van der Waals surface area contributed by atoms with Crippen molar-refractivity contribution in [3.05, 3.63) is 73.1 Å². The number of aromatic nitrogens is 6. The van der Waals surface area contributed by atoms with Crippen LogP contribution >= 0.6 is 0 Å². The first-order chi connectivity index (χ1) is 21.7. The van der Waals surface area contributed by atoms with E-state index >= 15 is 0 Å². The van der Waals surface area contributed by atoms with Crippen molar-refractivity contribution in [2.45, 2.75) is 95.2 Å². The van der Waals surface area contributed by atoms with Gasteiger partial charge in [-0.3, -0.25) is 14.8 Å². The Morgan fingerprint density at radius 3 is 1.93 bits per heavy atom. The third-order valence-corrected chi connectivity index (χ3v) is 10.1. The van der Waals surface area contributed by atoms with Gasteiger partial charge in [0.05, 0.1) is 59.9 Å². The number of rotatable bonds is 6. The van der Waals surface area contributed by atoms with E-state index in [9.17, 15) is 4.79 Å². The number of nitrogens with zero attached hydrogens (tertiary/aromatic N) is 6. The molecule has 2 aliphatic carbocycles. The predicted molar refractivity (Wildman–Crippen MR) is 171 cm³/mol. The van der Waals surface area contributed by atoms with Gasteiger partial charge in [-0.05, 0) is 62.3 Å². The van der Waals surface area contributed by atoms with E-state index in [4.69, 9.17) is 10.8 Å². The van der Waals surface area contributed by atoms with Gasteiger partial charge >= 0.3 is 0 Å². The fourth-order valence-electron chi connectivity index (χ4n) is 7.80. The maximum Gasteiger partial charge on any atom is 0.138 e. The number of aliphatic hydroxyl groups is 1. The number of hydrogen-bond acceptors (Lipinski definition) is 7. The zero-order valence-electron chi connectivity index (χ0n) is 25.8. The number of Topliss-reactive ketones (excluding diaryl/α,β-unsaturated/α-hetero) is 1. The summed E-state index contributed by atoms with van der Waals surface area (Å²) in [6, 6.07) is 8.71. The van der Waals surface area contributed by atoms with Gasteiger partial charge in [0.25, 0.3) is 0 Å². The SMILES string of the molecule is CO.NC(CC1c2ncccc2-c2cncn21)C1CCCCC1.O=C(CC1c2ncccc2-c2cncn21)C1CCCCC1. The number of hydrogen-bond donors (Lipinski definition) is 2. The molecule has 2 saturated carbocycles. The molecule has 0 bridgehead atoms. The van der Waals surface area contributed by atoms with Crippen LogP contribution in [0.4, 0.5) is 0 Å². The Kier molecular flexibility index (Phi) is 9.62. The molecule has 2 fully saturated rings. The second-order valence-corrected chi connectivity index (χ2v) is 12.6. The highest BCUT2D eigenvalue weighted by Crippen LogP contribution is 2.42. The standard InChI is InChI=1S/C17H22N4.C17H19N3O.CH4O/c18-14(12-5-2-1-3-6-12)9-15-17-13(7-4-8-20-17)16-10-19-11-21(15)16;21-16(12-5-2-1-3-6-12)9-14-17-13(7-4-8-19-17)15-10-18-11-20(14)15;1-2/h4,7-8,10-12,14-15H,1-3,5-6,9,18H2;4,7-8,10-12,14H,1-3,5-6,9H2;2H,1H3.